The van der Waals surface area contributed by atoms with Crippen LogP contribution < -0.4 is 0 Å². The van der Waals surface area contributed by atoms with Crippen molar-refractivity contribution in [1.29, 1.82) is 0 Å². The number of hydrogen-bond acceptors (Lipinski definition) is 3. The van der Waals surface area contributed by atoms with Crippen molar-refractivity contribution in [3.8, 4) is 22.6 Å². The van der Waals surface area contributed by atoms with E-state index in [1.807, 2.05) is 18.2 Å². The monoisotopic (exact) mass is 443 g/mol. The number of aromatic nitrogens is 1. The molecule has 3 aromatic heterocycles. The third-order valence-corrected chi connectivity index (χ3v) is 7.46. The summed E-state index contributed by atoms with van der Waals surface area (Å²) in [6.45, 7) is 9.08. The predicted octanol–water partition coefficient (Wildman–Crippen LogP) is 8.82. The Morgan fingerprint density at radius 3 is 2.35 bits per heavy atom. The quantitative estimate of drug-likeness (QED) is 0.268. The topological polar surface area (TPSA) is 39.2 Å². The largest absolute Gasteiger partial charge is 0.456 e. The first-order valence-corrected chi connectivity index (χ1v) is 11.9. The highest BCUT2D eigenvalue weighted by Crippen LogP contribution is 2.55. The third-order valence-electron chi connectivity index (χ3n) is 7.46. The molecule has 0 unspecified atom stereocenters. The number of nitrogens with zero attached hydrogens (tertiary/aromatic N) is 1. The molecule has 0 bridgehead atoms. The molecule has 0 radical (unpaired) electrons. The van der Waals surface area contributed by atoms with E-state index in [-0.39, 0.29) is 5.41 Å². The fourth-order valence-electron chi connectivity index (χ4n) is 5.79. The number of rotatable bonds is 2. The number of benzene rings is 3. The number of fused-ring (bicyclic) bond motifs is 8. The number of furan rings is 2. The molecule has 1 aliphatic rings. The minimum absolute atomic E-state index is 0.216. The standard InChI is InChI=1S/C31H25NO2/c1-17(2)18-12-15-26-23(16-18)28-29(33-26)22-10-7-9-21(27(22)31(28,3)4)24-14-13-20-19-8-5-6-11-25(19)34-30(20)32-24/h5-17H,1-4H3. The number of hydrogen-bond donors (Lipinski definition) is 0. The fraction of sp³-hybridized carbons (Fsp3) is 0.194. The summed E-state index contributed by atoms with van der Waals surface area (Å²) in [6.07, 6.45) is 0. The lowest BCUT2D eigenvalue weighted by atomic mass is 9.78. The molecule has 0 saturated heterocycles. The van der Waals surface area contributed by atoms with Crippen molar-refractivity contribution in [2.75, 3.05) is 0 Å². The molecular formula is C31H25NO2. The molecule has 3 aromatic carbocycles. The summed E-state index contributed by atoms with van der Waals surface area (Å²) < 4.78 is 12.6. The van der Waals surface area contributed by atoms with Crippen LogP contribution in [-0.4, -0.2) is 4.98 Å². The van der Waals surface area contributed by atoms with Crippen molar-refractivity contribution < 1.29 is 8.83 Å². The van der Waals surface area contributed by atoms with Gasteiger partial charge in [-0.25, -0.2) is 4.98 Å². The minimum Gasteiger partial charge on any atom is -0.456 e. The van der Waals surface area contributed by atoms with Gasteiger partial charge in [-0.1, -0.05) is 70.2 Å². The molecule has 3 nitrogen and oxygen atoms in total. The van der Waals surface area contributed by atoms with E-state index in [2.05, 4.69) is 82.3 Å². The van der Waals surface area contributed by atoms with Crippen LogP contribution in [0.15, 0.2) is 81.6 Å². The Hall–Kier alpha value is -3.85. The van der Waals surface area contributed by atoms with Gasteiger partial charge in [0.25, 0.3) is 0 Å². The lowest BCUT2D eigenvalue weighted by Crippen LogP contribution is -2.16. The van der Waals surface area contributed by atoms with Crippen LogP contribution >= 0.6 is 0 Å². The van der Waals surface area contributed by atoms with Crippen LogP contribution in [0.3, 0.4) is 0 Å². The highest BCUT2D eigenvalue weighted by atomic mass is 16.3. The van der Waals surface area contributed by atoms with E-state index in [0.29, 0.717) is 11.6 Å². The van der Waals surface area contributed by atoms with E-state index < -0.39 is 0 Å². The van der Waals surface area contributed by atoms with Crippen molar-refractivity contribution in [3.63, 3.8) is 0 Å². The van der Waals surface area contributed by atoms with Crippen molar-refractivity contribution in [1.82, 2.24) is 4.98 Å². The third kappa shape index (κ3) is 2.50. The Kier molecular flexibility index (Phi) is 3.81. The molecule has 0 atom stereocenters. The fourth-order valence-corrected chi connectivity index (χ4v) is 5.79. The van der Waals surface area contributed by atoms with Crippen LogP contribution in [0.4, 0.5) is 0 Å². The van der Waals surface area contributed by atoms with Crippen molar-refractivity contribution >= 4 is 33.0 Å². The lowest BCUT2D eigenvalue weighted by molar-refractivity contribution is 0.619. The highest BCUT2D eigenvalue weighted by Gasteiger charge is 2.42. The summed E-state index contributed by atoms with van der Waals surface area (Å²) in [5, 5.41) is 3.36. The van der Waals surface area contributed by atoms with Crippen molar-refractivity contribution in [2.24, 2.45) is 0 Å². The first-order chi connectivity index (χ1) is 16.4. The van der Waals surface area contributed by atoms with Crippen LogP contribution in [-0.2, 0) is 5.41 Å². The van der Waals surface area contributed by atoms with Crippen LogP contribution in [0.25, 0.3) is 55.6 Å². The summed E-state index contributed by atoms with van der Waals surface area (Å²) in [5.74, 6) is 1.46. The zero-order chi connectivity index (χ0) is 23.2. The van der Waals surface area contributed by atoms with Gasteiger partial charge in [-0.15, -0.1) is 0 Å². The SMILES string of the molecule is CC(C)c1ccc2oc3c(c2c1)C(C)(C)c1c(-c2ccc4c(n2)oc2ccccc24)cccc1-3. The summed E-state index contributed by atoms with van der Waals surface area (Å²) in [7, 11) is 0. The first-order valence-electron chi connectivity index (χ1n) is 11.9. The molecule has 3 heteroatoms. The van der Waals surface area contributed by atoms with Gasteiger partial charge < -0.3 is 8.83 Å². The van der Waals surface area contributed by atoms with E-state index in [4.69, 9.17) is 13.8 Å². The van der Waals surface area contributed by atoms with Gasteiger partial charge in [0.2, 0.25) is 5.71 Å². The van der Waals surface area contributed by atoms with Gasteiger partial charge in [-0.2, -0.15) is 0 Å². The van der Waals surface area contributed by atoms with Gasteiger partial charge in [-0.05, 0) is 47.4 Å². The zero-order valence-electron chi connectivity index (χ0n) is 19.8. The Morgan fingerprint density at radius 2 is 1.50 bits per heavy atom. The molecular weight excluding hydrogens is 418 g/mol. The van der Waals surface area contributed by atoms with E-state index in [0.717, 1.165) is 44.5 Å². The summed E-state index contributed by atoms with van der Waals surface area (Å²) in [6, 6.07) is 25.4. The van der Waals surface area contributed by atoms with E-state index in [1.54, 1.807) is 0 Å². The molecule has 0 aliphatic heterocycles. The van der Waals surface area contributed by atoms with Crippen LogP contribution in [0.5, 0.6) is 0 Å². The molecule has 3 heterocycles. The first kappa shape index (κ1) is 19.6. The molecule has 166 valence electrons. The zero-order valence-corrected chi connectivity index (χ0v) is 19.8. The van der Waals surface area contributed by atoms with E-state index in [1.165, 1.54) is 22.1 Å². The molecule has 0 saturated carbocycles. The molecule has 7 rings (SSSR count). The summed E-state index contributed by atoms with van der Waals surface area (Å²) in [4.78, 5) is 4.98. The van der Waals surface area contributed by atoms with Crippen LogP contribution in [0, 0.1) is 0 Å². The Balaban J connectivity index is 1.46. The highest BCUT2D eigenvalue weighted by molar-refractivity contribution is 6.04. The second kappa shape index (κ2) is 6.60. The maximum absolute atomic E-state index is 6.47. The van der Waals surface area contributed by atoms with Crippen LogP contribution in [0.2, 0.25) is 0 Å². The second-order valence-corrected chi connectivity index (χ2v) is 10.2. The average molecular weight is 444 g/mol. The summed E-state index contributed by atoms with van der Waals surface area (Å²) in [5.41, 5.74) is 9.38. The maximum Gasteiger partial charge on any atom is 0.227 e. The van der Waals surface area contributed by atoms with E-state index >= 15 is 0 Å². The molecule has 0 spiro atoms. The smallest absolute Gasteiger partial charge is 0.227 e. The molecule has 0 amide bonds. The Morgan fingerprint density at radius 1 is 0.706 bits per heavy atom. The Labute approximate surface area is 198 Å². The van der Waals surface area contributed by atoms with Gasteiger partial charge >= 0.3 is 0 Å². The predicted molar refractivity (Wildman–Crippen MR) is 138 cm³/mol. The van der Waals surface area contributed by atoms with Gasteiger partial charge in [0, 0.05) is 38.3 Å². The number of pyridine rings is 1. The minimum atomic E-state index is -0.216. The van der Waals surface area contributed by atoms with E-state index in [9.17, 15) is 0 Å². The Bertz CT molecular complexity index is 1760. The molecule has 34 heavy (non-hydrogen) atoms. The summed E-state index contributed by atoms with van der Waals surface area (Å²) >= 11 is 0. The normalized spacial score (nSPS) is 14.4. The van der Waals surface area contributed by atoms with Gasteiger partial charge in [0.05, 0.1) is 5.69 Å². The lowest BCUT2D eigenvalue weighted by Gasteiger charge is -2.24. The van der Waals surface area contributed by atoms with Crippen LogP contribution in [0.1, 0.15) is 50.3 Å². The molecule has 1 aliphatic carbocycles. The molecule has 0 N–H and O–H groups in total. The van der Waals surface area contributed by atoms with Crippen molar-refractivity contribution in [3.05, 3.63) is 89.5 Å². The molecule has 6 aromatic rings. The van der Waals surface area contributed by atoms with Gasteiger partial charge in [0.1, 0.15) is 16.9 Å². The van der Waals surface area contributed by atoms with Gasteiger partial charge in [-0.3, -0.25) is 0 Å². The van der Waals surface area contributed by atoms with Crippen molar-refractivity contribution in [2.45, 2.75) is 39.0 Å². The molecule has 0 fully saturated rings. The second-order valence-electron chi connectivity index (χ2n) is 10.2. The maximum atomic E-state index is 6.47. The number of para-hydroxylation sites is 1. The average Bonchev–Trinajstić information content (AvgIpc) is 3.47. The van der Waals surface area contributed by atoms with Gasteiger partial charge in [0.15, 0.2) is 0 Å².